The minimum Gasteiger partial charge on any atom is -0.391 e. The van der Waals surface area contributed by atoms with Crippen molar-refractivity contribution in [3.63, 3.8) is 0 Å². The molecule has 1 saturated heterocycles. The van der Waals surface area contributed by atoms with Gasteiger partial charge in [0.15, 0.2) is 5.96 Å². The number of guanidine groups is 1. The van der Waals surface area contributed by atoms with Crippen LogP contribution < -0.4 is 5.32 Å². The van der Waals surface area contributed by atoms with E-state index < -0.39 is 0 Å². The summed E-state index contributed by atoms with van der Waals surface area (Å²) in [6.07, 6.45) is 0.549. The standard InChI is InChI=1S/C20H29N5O/c1-4-21-20(24-11-10-18(26)14-24)22-12-19-15(2)23-25(16(19)3)13-17-8-6-5-7-9-17/h5-9,18,26H,4,10-14H2,1-3H3,(H,21,22)/t18-/m1/s1. The Hall–Kier alpha value is -2.34. The fraction of sp³-hybridized carbons (Fsp3) is 0.500. The first-order valence-electron chi connectivity index (χ1n) is 9.36. The zero-order chi connectivity index (χ0) is 18.5. The molecule has 6 heteroatoms. The fourth-order valence-electron chi connectivity index (χ4n) is 3.39. The lowest BCUT2D eigenvalue weighted by Gasteiger charge is -2.21. The van der Waals surface area contributed by atoms with Gasteiger partial charge in [-0.05, 0) is 32.8 Å². The van der Waals surface area contributed by atoms with Crippen molar-refractivity contribution in [2.75, 3.05) is 19.6 Å². The van der Waals surface area contributed by atoms with Crippen molar-refractivity contribution in [3.8, 4) is 0 Å². The number of aliphatic hydroxyl groups is 1. The van der Waals surface area contributed by atoms with Gasteiger partial charge >= 0.3 is 0 Å². The van der Waals surface area contributed by atoms with Gasteiger partial charge in [0.1, 0.15) is 0 Å². The molecule has 0 aliphatic carbocycles. The highest BCUT2D eigenvalue weighted by Crippen LogP contribution is 2.17. The molecule has 1 aliphatic heterocycles. The average Bonchev–Trinajstić information content (AvgIpc) is 3.17. The average molecular weight is 355 g/mol. The van der Waals surface area contributed by atoms with Crippen molar-refractivity contribution >= 4 is 5.96 Å². The zero-order valence-corrected chi connectivity index (χ0v) is 15.9. The number of aliphatic hydroxyl groups excluding tert-OH is 1. The molecule has 0 spiro atoms. The van der Waals surface area contributed by atoms with Crippen molar-refractivity contribution in [2.45, 2.75) is 46.4 Å². The van der Waals surface area contributed by atoms with E-state index in [0.29, 0.717) is 13.1 Å². The second-order valence-electron chi connectivity index (χ2n) is 6.85. The maximum atomic E-state index is 9.80. The van der Waals surface area contributed by atoms with Gasteiger partial charge in [0.25, 0.3) is 0 Å². The van der Waals surface area contributed by atoms with E-state index >= 15 is 0 Å². The second kappa shape index (κ2) is 8.36. The van der Waals surface area contributed by atoms with E-state index in [1.165, 1.54) is 11.1 Å². The highest BCUT2D eigenvalue weighted by atomic mass is 16.3. The van der Waals surface area contributed by atoms with Crippen molar-refractivity contribution in [1.82, 2.24) is 20.0 Å². The summed E-state index contributed by atoms with van der Waals surface area (Å²) in [4.78, 5) is 6.94. The summed E-state index contributed by atoms with van der Waals surface area (Å²) in [6.45, 7) is 9.91. The van der Waals surface area contributed by atoms with Crippen LogP contribution in [0.15, 0.2) is 35.3 Å². The van der Waals surface area contributed by atoms with Gasteiger partial charge in [-0.15, -0.1) is 0 Å². The molecule has 1 aromatic heterocycles. The van der Waals surface area contributed by atoms with E-state index in [9.17, 15) is 5.11 Å². The number of nitrogens with one attached hydrogen (secondary N) is 1. The third kappa shape index (κ3) is 4.25. The number of β-amino-alcohol motifs (C(OH)–C–C–N with tert-alkyl or cyclic N) is 1. The van der Waals surface area contributed by atoms with Crippen molar-refractivity contribution in [1.29, 1.82) is 0 Å². The van der Waals surface area contributed by atoms with Gasteiger partial charge in [0.2, 0.25) is 0 Å². The lowest BCUT2D eigenvalue weighted by Crippen LogP contribution is -2.40. The number of aryl methyl sites for hydroxylation is 1. The first-order valence-corrected chi connectivity index (χ1v) is 9.36. The van der Waals surface area contributed by atoms with E-state index in [1.54, 1.807) is 0 Å². The van der Waals surface area contributed by atoms with Gasteiger partial charge in [-0.1, -0.05) is 30.3 Å². The minimum atomic E-state index is -0.254. The zero-order valence-electron chi connectivity index (χ0n) is 15.9. The normalized spacial score (nSPS) is 17.8. The molecule has 26 heavy (non-hydrogen) atoms. The molecule has 0 amide bonds. The van der Waals surface area contributed by atoms with Gasteiger partial charge in [-0.2, -0.15) is 5.10 Å². The largest absolute Gasteiger partial charge is 0.391 e. The van der Waals surface area contributed by atoms with Gasteiger partial charge in [0, 0.05) is 30.9 Å². The Morgan fingerprint density at radius 1 is 1.31 bits per heavy atom. The molecule has 0 saturated carbocycles. The van der Waals surface area contributed by atoms with Crippen LogP contribution in [0.25, 0.3) is 0 Å². The Bertz CT molecular complexity index is 753. The maximum absolute atomic E-state index is 9.80. The summed E-state index contributed by atoms with van der Waals surface area (Å²) in [6, 6.07) is 10.4. The highest BCUT2D eigenvalue weighted by Gasteiger charge is 2.23. The van der Waals surface area contributed by atoms with Gasteiger partial charge in [0.05, 0.1) is 24.9 Å². The van der Waals surface area contributed by atoms with Gasteiger partial charge in [-0.25, -0.2) is 4.99 Å². The second-order valence-corrected chi connectivity index (χ2v) is 6.85. The van der Waals surface area contributed by atoms with Gasteiger partial charge in [-0.3, -0.25) is 4.68 Å². The lowest BCUT2D eigenvalue weighted by molar-refractivity contribution is 0.188. The number of nitrogens with zero attached hydrogens (tertiary/aromatic N) is 4. The molecule has 1 fully saturated rings. The Morgan fingerprint density at radius 3 is 2.73 bits per heavy atom. The van der Waals surface area contributed by atoms with Crippen molar-refractivity contribution in [3.05, 3.63) is 52.8 Å². The number of rotatable bonds is 5. The van der Waals surface area contributed by atoms with Crippen LogP contribution in [-0.2, 0) is 13.1 Å². The molecule has 1 aromatic carbocycles. The highest BCUT2D eigenvalue weighted by molar-refractivity contribution is 5.80. The molecule has 6 nitrogen and oxygen atoms in total. The van der Waals surface area contributed by atoms with Crippen LogP contribution in [0.1, 0.15) is 35.9 Å². The maximum Gasteiger partial charge on any atom is 0.194 e. The first-order chi connectivity index (χ1) is 12.6. The molecule has 1 aliphatic rings. The molecule has 3 rings (SSSR count). The molecule has 2 aromatic rings. The summed E-state index contributed by atoms with van der Waals surface area (Å²) >= 11 is 0. The number of aromatic nitrogens is 2. The third-order valence-electron chi connectivity index (χ3n) is 4.89. The summed E-state index contributed by atoms with van der Waals surface area (Å²) in [5, 5.41) is 17.8. The fourth-order valence-corrected chi connectivity index (χ4v) is 3.39. The molecule has 140 valence electrons. The first kappa shape index (κ1) is 18.5. The van der Waals surface area contributed by atoms with E-state index in [1.807, 2.05) is 13.0 Å². The van der Waals surface area contributed by atoms with Crippen LogP contribution in [0.5, 0.6) is 0 Å². The SMILES string of the molecule is CCNC(=NCc1c(C)nn(Cc2ccccc2)c1C)N1CC[C@@H](O)C1. The number of likely N-dealkylation sites (tertiary alicyclic amines) is 1. The summed E-state index contributed by atoms with van der Waals surface area (Å²) in [7, 11) is 0. The van der Waals surface area contributed by atoms with Crippen LogP contribution in [0.2, 0.25) is 0 Å². The Morgan fingerprint density at radius 2 is 2.08 bits per heavy atom. The van der Waals surface area contributed by atoms with Crippen LogP contribution >= 0.6 is 0 Å². The summed E-state index contributed by atoms with van der Waals surface area (Å²) in [5.41, 5.74) is 4.61. The van der Waals surface area contributed by atoms with E-state index in [0.717, 1.165) is 43.4 Å². The molecule has 0 radical (unpaired) electrons. The predicted molar refractivity (Wildman–Crippen MR) is 104 cm³/mol. The molecule has 2 heterocycles. The van der Waals surface area contributed by atoms with Gasteiger partial charge < -0.3 is 15.3 Å². The van der Waals surface area contributed by atoms with Crippen LogP contribution in [0, 0.1) is 13.8 Å². The molecular formula is C20H29N5O. The molecular weight excluding hydrogens is 326 g/mol. The predicted octanol–water partition coefficient (Wildman–Crippen LogP) is 2.08. The molecule has 0 unspecified atom stereocenters. The number of benzene rings is 1. The Labute approximate surface area is 155 Å². The molecule has 1 atom stereocenters. The van der Waals surface area contributed by atoms with Crippen LogP contribution in [0.4, 0.5) is 0 Å². The van der Waals surface area contributed by atoms with E-state index in [-0.39, 0.29) is 6.10 Å². The van der Waals surface area contributed by atoms with E-state index in [4.69, 9.17) is 10.1 Å². The molecule has 2 N–H and O–H groups in total. The third-order valence-corrected chi connectivity index (χ3v) is 4.89. The Balaban J connectivity index is 1.76. The Kier molecular flexibility index (Phi) is 5.93. The number of hydrogen-bond donors (Lipinski definition) is 2. The molecule has 0 bridgehead atoms. The number of aliphatic imine (C=N–C) groups is 1. The van der Waals surface area contributed by atoms with Crippen molar-refractivity contribution in [2.24, 2.45) is 4.99 Å². The summed E-state index contributed by atoms with van der Waals surface area (Å²) < 4.78 is 2.06. The van der Waals surface area contributed by atoms with E-state index in [2.05, 4.69) is 53.0 Å². The quantitative estimate of drug-likeness (QED) is 0.637. The monoisotopic (exact) mass is 355 g/mol. The smallest absolute Gasteiger partial charge is 0.194 e. The lowest BCUT2D eigenvalue weighted by atomic mass is 10.2. The van der Waals surface area contributed by atoms with Crippen molar-refractivity contribution < 1.29 is 5.11 Å². The topological polar surface area (TPSA) is 65.7 Å². The van der Waals surface area contributed by atoms with Crippen LogP contribution in [0.3, 0.4) is 0 Å². The minimum absolute atomic E-state index is 0.254. The van der Waals surface area contributed by atoms with Crippen LogP contribution in [-0.4, -0.2) is 51.5 Å². The number of hydrogen-bond acceptors (Lipinski definition) is 3. The summed E-state index contributed by atoms with van der Waals surface area (Å²) in [5.74, 6) is 0.874.